The lowest BCUT2D eigenvalue weighted by Crippen LogP contribution is -2.39. The summed E-state index contributed by atoms with van der Waals surface area (Å²) < 4.78 is 49.9. The summed E-state index contributed by atoms with van der Waals surface area (Å²) in [6, 6.07) is 7.45. The van der Waals surface area contributed by atoms with E-state index < -0.39 is 17.6 Å². The molecule has 3 aromatic rings. The Balaban J connectivity index is 1.11. The Morgan fingerprint density at radius 2 is 1.73 bits per heavy atom. The highest BCUT2D eigenvalue weighted by molar-refractivity contribution is 5.99. The van der Waals surface area contributed by atoms with Crippen molar-refractivity contribution in [1.82, 2.24) is 20.0 Å². The van der Waals surface area contributed by atoms with Gasteiger partial charge in [0.1, 0.15) is 5.41 Å². The lowest BCUT2D eigenvalue weighted by atomic mass is 10.0. The maximum Gasteiger partial charge on any atom is 0.401 e. The normalized spacial score (nSPS) is 17.3. The van der Waals surface area contributed by atoms with Crippen molar-refractivity contribution in [3.8, 4) is 11.1 Å². The molecule has 0 bridgehead atoms. The Bertz CT molecular complexity index is 1210. The van der Waals surface area contributed by atoms with E-state index in [2.05, 4.69) is 36.0 Å². The van der Waals surface area contributed by atoms with E-state index in [-0.39, 0.29) is 24.4 Å². The molecule has 1 aliphatic heterocycles. The van der Waals surface area contributed by atoms with Gasteiger partial charge in [-0.25, -0.2) is 14.8 Å². The molecule has 0 radical (unpaired) electrons. The zero-order chi connectivity index (χ0) is 25.9. The van der Waals surface area contributed by atoms with Crippen LogP contribution in [0.1, 0.15) is 18.6 Å². The summed E-state index contributed by atoms with van der Waals surface area (Å²) >= 11 is 0. The summed E-state index contributed by atoms with van der Waals surface area (Å²) in [5.74, 6) is 0.168. The fourth-order valence-corrected chi connectivity index (χ4v) is 4.10. The van der Waals surface area contributed by atoms with Gasteiger partial charge in [-0.3, -0.25) is 10.2 Å². The van der Waals surface area contributed by atoms with Crippen molar-refractivity contribution in [3.63, 3.8) is 0 Å². The Morgan fingerprint density at radius 3 is 2.38 bits per heavy atom. The summed E-state index contributed by atoms with van der Waals surface area (Å²) in [6.45, 7) is 5.01. The molecule has 1 saturated heterocycles. The molecule has 3 heterocycles. The van der Waals surface area contributed by atoms with Gasteiger partial charge in [0, 0.05) is 55.9 Å². The molecule has 37 heavy (non-hydrogen) atoms. The number of hydrogen-bond donors (Lipinski definition) is 3. The molecule has 2 amide bonds. The lowest BCUT2D eigenvalue weighted by Gasteiger charge is -2.26. The van der Waals surface area contributed by atoms with Crippen LogP contribution in [0.15, 0.2) is 47.2 Å². The first-order valence-corrected chi connectivity index (χ1v) is 11.9. The number of anilines is 3. The number of aromatic nitrogens is 3. The van der Waals surface area contributed by atoms with Gasteiger partial charge in [-0.15, -0.1) is 0 Å². The number of morpholine rings is 1. The highest BCUT2D eigenvalue weighted by Crippen LogP contribution is 2.59. The third-order valence-corrected chi connectivity index (χ3v) is 6.46. The average molecular weight is 518 g/mol. The fourth-order valence-electron chi connectivity index (χ4n) is 4.10. The molecule has 2 aliphatic rings. The third kappa shape index (κ3) is 5.83. The van der Waals surface area contributed by atoms with E-state index in [9.17, 15) is 18.0 Å². The Kier molecular flexibility index (Phi) is 6.98. The number of ether oxygens (including phenoxy) is 1. The molecule has 5 rings (SSSR count). The predicted octanol–water partition coefficient (Wildman–Crippen LogP) is 4.11. The van der Waals surface area contributed by atoms with Gasteiger partial charge in [-0.05, 0) is 30.5 Å². The number of halogens is 3. The van der Waals surface area contributed by atoms with E-state index in [1.807, 2.05) is 0 Å². The quantitative estimate of drug-likeness (QED) is 0.409. The van der Waals surface area contributed by atoms with Gasteiger partial charge >= 0.3 is 12.2 Å². The first kappa shape index (κ1) is 25.0. The van der Waals surface area contributed by atoms with Gasteiger partial charge in [-0.2, -0.15) is 13.2 Å². The van der Waals surface area contributed by atoms with Crippen molar-refractivity contribution < 1.29 is 27.2 Å². The number of carbonyl (C=O) groups excluding carboxylic acids is 1. The van der Waals surface area contributed by atoms with E-state index >= 15 is 0 Å². The van der Waals surface area contributed by atoms with Crippen LogP contribution in [0.2, 0.25) is 0 Å². The number of nitrogens with zero attached hydrogens (tertiary/aromatic N) is 4. The van der Waals surface area contributed by atoms with Crippen molar-refractivity contribution in [2.75, 3.05) is 55.3 Å². The Labute approximate surface area is 210 Å². The molecule has 13 heteroatoms. The summed E-state index contributed by atoms with van der Waals surface area (Å²) in [5.41, 5.74) is 0.159. The minimum absolute atomic E-state index is 0.0527. The van der Waals surface area contributed by atoms with E-state index in [4.69, 9.17) is 9.26 Å². The number of nitrogens with one attached hydrogen (secondary N) is 3. The van der Waals surface area contributed by atoms with Gasteiger partial charge in [0.05, 0.1) is 13.2 Å². The van der Waals surface area contributed by atoms with Crippen molar-refractivity contribution in [3.05, 3.63) is 48.5 Å². The summed E-state index contributed by atoms with van der Waals surface area (Å²) in [5, 5.41) is 11.8. The smallest absolute Gasteiger partial charge is 0.379 e. The monoisotopic (exact) mass is 517 g/mol. The van der Waals surface area contributed by atoms with Crippen LogP contribution in [0.3, 0.4) is 0 Å². The van der Waals surface area contributed by atoms with Gasteiger partial charge in [0.25, 0.3) is 0 Å². The lowest BCUT2D eigenvalue weighted by molar-refractivity contribution is -0.165. The highest BCUT2D eigenvalue weighted by Gasteiger charge is 2.66. The predicted molar refractivity (Wildman–Crippen MR) is 129 cm³/mol. The topological polar surface area (TPSA) is 117 Å². The third-order valence-electron chi connectivity index (χ3n) is 6.46. The minimum atomic E-state index is -4.42. The highest BCUT2D eigenvalue weighted by atomic mass is 19.4. The standard InChI is InChI=1S/C24H26F3N7O3/c25-24(26,27)23(5-6-23)19-13-20(33-37-19)32-22(35)31-18-3-1-16(2-4-18)17-14-29-21(30-15-17)28-7-8-34-9-11-36-12-10-34/h1-4,13-15H,5-12H2,(H,28,29,30)(H2,31,32,33,35). The fraction of sp³-hybridized carbons (Fsp3) is 0.417. The van der Waals surface area contributed by atoms with E-state index in [0.717, 1.165) is 56.6 Å². The van der Waals surface area contributed by atoms with Crippen LogP contribution in [-0.2, 0) is 10.2 Å². The molecule has 0 unspecified atom stereocenters. The second kappa shape index (κ2) is 10.3. The largest absolute Gasteiger partial charge is 0.401 e. The van der Waals surface area contributed by atoms with Gasteiger partial charge < -0.3 is 19.9 Å². The molecule has 1 saturated carbocycles. The summed E-state index contributed by atoms with van der Waals surface area (Å²) in [6.07, 6.45) is -1.09. The van der Waals surface area contributed by atoms with E-state index in [1.165, 1.54) is 0 Å². The van der Waals surface area contributed by atoms with Crippen LogP contribution in [0.25, 0.3) is 11.1 Å². The van der Waals surface area contributed by atoms with Crippen molar-refractivity contribution >= 4 is 23.5 Å². The van der Waals surface area contributed by atoms with Crippen LogP contribution in [0.5, 0.6) is 0 Å². The minimum Gasteiger partial charge on any atom is -0.379 e. The molecular weight excluding hydrogens is 491 g/mol. The molecule has 10 nitrogen and oxygen atoms in total. The molecule has 0 atom stereocenters. The SMILES string of the molecule is O=C(Nc1ccc(-c2cnc(NCCN3CCOCC3)nc2)cc1)Nc1cc(C2(C(F)(F)F)CC2)on1. The van der Waals surface area contributed by atoms with Gasteiger partial charge in [0.2, 0.25) is 5.95 Å². The van der Waals surface area contributed by atoms with E-state index in [0.29, 0.717) is 11.6 Å². The first-order chi connectivity index (χ1) is 17.8. The number of amides is 2. The number of carbonyl (C=O) groups is 1. The van der Waals surface area contributed by atoms with Crippen molar-refractivity contribution in [2.24, 2.45) is 0 Å². The summed E-state index contributed by atoms with van der Waals surface area (Å²) in [7, 11) is 0. The zero-order valence-corrected chi connectivity index (χ0v) is 19.8. The second-order valence-corrected chi connectivity index (χ2v) is 8.99. The second-order valence-electron chi connectivity index (χ2n) is 8.99. The van der Waals surface area contributed by atoms with Crippen LogP contribution < -0.4 is 16.0 Å². The molecule has 2 aromatic heterocycles. The number of urea groups is 1. The first-order valence-electron chi connectivity index (χ1n) is 11.9. The van der Waals surface area contributed by atoms with Crippen LogP contribution in [0, 0.1) is 0 Å². The molecule has 1 aliphatic carbocycles. The molecule has 196 valence electrons. The summed E-state index contributed by atoms with van der Waals surface area (Å²) in [4.78, 5) is 23.3. The number of hydrogen-bond acceptors (Lipinski definition) is 8. The molecule has 0 spiro atoms. The average Bonchev–Trinajstić information content (AvgIpc) is 3.59. The van der Waals surface area contributed by atoms with Crippen molar-refractivity contribution in [2.45, 2.75) is 24.4 Å². The molecule has 3 N–H and O–H groups in total. The van der Waals surface area contributed by atoms with Crippen LogP contribution in [0.4, 0.5) is 35.4 Å². The molecule has 1 aromatic carbocycles. The molecular formula is C24H26F3N7O3. The van der Waals surface area contributed by atoms with Gasteiger partial charge in [-0.1, -0.05) is 17.3 Å². The van der Waals surface area contributed by atoms with E-state index in [1.54, 1.807) is 36.7 Å². The molecule has 2 fully saturated rings. The Hall–Kier alpha value is -3.71. The van der Waals surface area contributed by atoms with Crippen LogP contribution in [-0.4, -0.2) is 71.6 Å². The van der Waals surface area contributed by atoms with Gasteiger partial charge in [0.15, 0.2) is 11.6 Å². The number of benzene rings is 1. The van der Waals surface area contributed by atoms with Crippen LogP contribution >= 0.6 is 0 Å². The van der Waals surface area contributed by atoms with Crippen molar-refractivity contribution in [1.29, 1.82) is 0 Å². The Morgan fingerprint density at radius 1 is 1.03 bits per heavy atom. The maximum atomic E-state index is 13.2. The number of alkyl halides is 3. The maximum absolute atomic E-state index is 13.2. The zero-order valence-electron chi connectivity index (χ0n) is 19.8. The number of rotatable bonds is 8.